The van der Waals surface area contributed by atoms with Crippen LogP contribution < -0.4 is 10.2 Å². The number of likely N-dealkylation sites (tertiary alicyclic amines) is 1. The molecule has 0 spiro atoms. The average Bonchev–Trinajstić information content (AvgIpc) is 3.48. The van der Waals surface area contributed by atoms with Gasteiger partial charge in [-0.3, -0.25) is 14.9 Å². The van der Waals surface area contributed by atoms with E-state index in [2.05, 4.69) is 41.9 Å². The van der Waals surface area contributed by atoms with Crippen molar-refractivity contribution in [3.05, 3.63) is 136 Å². The summed E-state index contributed by atoms with van der Waals surface area (Å²) in [6.07, 6.45) is 1.39. The molecule has 4 aromatic carbocycles. The summed E-state index contributed by atoms with van der Waals surface area (Å²) >= 11 is 0. The van der Waals surface area contributed by atoms with Crippen LogP contribution in [0.5, 0.6) is 0 Å². The third kappa shape index (κ3) is 7.94. The Labute approximate surface area is 274 Å². The van der Waals surface area contributed by atoms with Crippen LogP contribution in [0.25, 0.3) is 0 Å². The third-order valence-corrected chi connectivity index (χ3v) is 8.33. The fraction of sp³-hybridized carbons (Fsp3) is 0.270. The summed E-state index contributed by atoms with van der Waals surface area (Å²) in [5, 5.41) is 26.3. The molecule has 0 N–H and O–H groups in total. The number of rotatable bonds is 10. The van der Waals surface area contributed by atoms with Crippen molar-refractivity contribution in [2.45, 2.75) is 58.2 Å². The van der Waals surface area contributed by atoms with E-state index in [0.29, 0.717) is 35.5 Å². The van der Waals surface area contributed by atoms with Crippen LogP contribution in [0, 0.1) is 19.7 Å². The maximum absolute atomic E-state index is 14.6. The van der Waals surface area contributed by atoms with Crippen LogP contribution in [-0.4, -0.2) is 40.6 Å². The molecule has 0 saturated carbocycles. The van der Waals surface area contributed by atoms with Gasteiger partial charge in [-0.15, -0.1) is 0 Å². The number of aryl methyl sites for hydroxylation is 2. The number of carbonyl (C=O) groups is 1. The van der Waals surface area contributed by atoms with Crippen LogP contribution >= 0.6 is 0 Å². The van der Waals surface area contributed by atoms with E-state index in [4.69, 9.17) is 4.99 Å². The Hall–Kier alpha value is -4.13. The van der Waals surface area contributed by atoms with Crippen molar-refractivity contribution >= 4 is 23.3 Å². The van der Waals surface area contributed by atoms with Gasteiger partial charge in [-0.2, -0.15) is 0 Å². The first kappa shape index (κ1) is 33.8. The molecule has 2 atom stereocenters. The van der Waals surface area contributed by atoms with Crippen LogP contribution in [0.1, 0.15) is 53.1 Å². The van der Waals surface area contributed by atoms with Gasteiger partial charge in [0, 0.05) is 30.1 Å². The van der Waals surface area contributed by atoms with Gasteiger partial charge >= 0.3 is 16.5 Å². The molecule has 1 heterocycles. The minimum Gasteiger partial charge on any atom is -0.861 e. The van der Waals surface area contributed by atoms with E-state index in [1.807, 2.05) is 30.3 Å². The molecule has 0 bridgehead atoms. The summed E-state index contributed by atoms with van der Waals surface area (Å²) in [5.41, 5.74) is 3.88. The number of carboxylic acids is 1. The van der Waals surface area contributed by atoms with Gasteiger partial charge in [0.15, 0.2) is 0 Å². The molecular weight excluding hydrogens is 612 g/mol. The van der Waals surface area contributed by atoms with Gasteiger partial charge in [0.1, 0.15) is 11.4 Å². The van der Waals surface area contributed by atoms with Gasteiger partial charge in [0.2, 0.25) is 0 Å². The fourth-order valence-electron chi connectivity index (χ4n) is 5.69. The summed E-state index contributed by atoms with van der Waals surface area (Å²) in [6.45, 7) is 7.06. The van der Waals surface area contributed by atoms with E-state index >= 15 is 0 Å². The van der Waals surface area contributed by atoms with Gasteiger partial charge in [0.05, 0.1) is 17.4 Å². The second-order valence-electron chi connectivity index (χ2n) is 11.7. The zero-order valence-corrected chi connectivity index (χ0v) is 26.6. The molecule has 4 aromatic rings. The van der Waals surface area contributed by atoms with Crippen molar-refractivity contribution in [3.8, 4) is 0 Å². The monoisotopic (exact) mass is 647 g/mol. The first-order chi connectivity index (χ1) is 21.1. The molecule has 0 aromatic heterocycles. The zero-order valence-electron chi connectivity index (χ0n) is 25.6. The van der Waals surface area contributed by atoms with Crippen molar-refractivity contribution in [2.24, 2.45) is 9.98 Å². The maximum atomic E-state index is 14.6. The molecule has 0 radical (unpaired) electrons. The molecule has 0 amide bonds. The van der Waals surface area contributed by atoms with E-state index in [1.54, 1.807) is 42.5 Å². The average molecular weight is 648 g/mol. The second-order valence-corrected chi connectivity index (χ2v) is 11.7. The summed E-state index contributed by atoms with van der Waals surface area (Å²) in [4.78, 5) is 24.1. The molecule has 0 unspecified atom stereocenters. The van der Waals surface area contributed by atoms with Crippen LogP contribution in [0.2, 0.25) is 0 Å². The topological polar surface area (TPSA) is 91.2 Å². The number of hydrogen-bond donors (Lipinski definition) is 0. The number of carboxylic acid groups (broad SMARTS) is 1. The molecule has 1 fully saturated rings. The van der Waals surface area contributed by atoms with E-state index in [-0.39, 0.29) is 40.4 Å². The van der Waals surface area contributed by atoms with Gasteiger partial charge in [-0.1, -0.05) is 84.9 Å². The molecular formula is C37H36FN3NiO3. The first-order valence-electron chi connectivity index (χ1n) is 14.9. The van der Waals surface area contributed by atoms with Crippen LogP contribution in [0.15, 0.2) is 107 Å². The predicted octanol–water partition coefficient (Wildman–Crippen LogP) is 5.08. The van der Waals surface area contributed by atoms with Gasteiger partial charge in [-0.25, -0.2) is 4.39 Å². The maximum Gasteiger partial charge on any atom is 2.00 e. The normalized spacial score (nSPS) is 17.0. The minimum absolute atomic E-state index is 0. The van der Waals surface area contributed by atoms with E-state index in [1.165, 1.54) is 24.1 Å². The number of para-hydroxylation sites is 1. The van der Waals surface area contributed by atoms with E-state index in [0.717, 1.165) is 18.5 Å². The Kier molecular flexibility index (Phi) is 11.1. The molecule has 45 heavy (non-hydrogen) atoms. The van der Waals surface area contributed by atoms with Crippen LogP contribution in [0.4, 0.5) is 10.1 Å². The van der Waals surface area contributed by atoms with Crippen molar-refractivity contribution in [2.75, 3.05) is 6.54 Å². The van der Waals surface area contributed by atoms with Crippen molar-refractivity contribution in [1.29, 1.82) is 0 Å². The number of carbonyl (C=O) groups excluding carboxylic acids is 1. The Morgan fingerprint density at radius 3 is 2.33 bits per heavy atom. The molecule has 1 aliphatic rings. The van der Waals surface area contributed by atoms with Crippen molar-refractivity contribution in [3.63, 3.8) is 0 Å². The standard InChI is InChI=1S/C37H38FN3O3.Ni/c1-25-19-20-27(22-26(25)2)24-41-21-11-18-33(41)35(42)39-32-17-10-8-15-30(32)34(28-12-5-4-6-13-28)40-37(3,36(43)44)23-29-14-7-9-16-31(29)38;/h4-10,12-17,19-20,22,33H,11,18,21,23-24H2,1-3H3,(H,39,42)(H,43,44);/q;+2/p-2/t33-,37-;/m0./s1. The van der Waals surface area contributed by atoms with E-state index in [9.17, 15) is 19.4 Å². The second kappa shape index (κ2) is 14.8. The predicted molar refractivity (Wildman–Crippen MR) is 168 cm³/mol. The fourth-order valence-corrected chi connectivity index (χ4v) is 5.69. The van der Waals surface area contributed by atoms with Gasteiger partial charge in [0.25, 0.3) is 0 Å². The third-order valence-electron chi connectivity index (χ3n) is 8.33. The molecule has 6 nitrogen and oxygen atoms in total. The first-order valence-corrected chi connectivity index (χ1v) is 14.9. The number of hydrogen-bond acceptors (Lipinski definition) is 6. The minimum atomic E-state index is -1.81. The van der Waals surface area contributed by atoms with Crippen LogP contribution in [0.3, 0.4) is 0 Å². The van der Waals surface area contributed by atoms with Crippen LogP contribution in [-0.2, 0) is 34.3 Å². The molecule has 8 heteroatoms. The zero-order chi connectivity index (χ0) is 31.3. The Bertz CT molecular complexity index is 1710. The Morgan fingerprint density at radius 2 is 1.62 bits per heavy atom. The molecule has 234 valence electrons. The Balaban J connectivity index is 0.00000461. The number of benzene rings is 4. The van der Waals surface area contributed by atoms with Gasteiger partial charge in [-0.05, 0) is 80.4 Å². The summed E-state index contributed by atoms with van der Waals surface area (Å²) in [6, 6.07) is 28.3. The molecule has 1 saturated heterocycles. The number of aliphatic imine (C=N–C) groups is 2. The molecule has 0 aliphatic carbocycles. The summed E-state index contributed by atoms with van der Waals surface area (Å²) in [7, 11) is 0. The summed E-state index contributed by atoms with van der Waals surface area (Å²) in [5.74, 6) is -2.20. The Morgan fingerprint density at radius 1 is 0.933 bits per heavy atom. The van der Waals surface area contributed by atoms with E-state index < -0.39 is 17.3 Å². The SMILES string of the molecule is Cc1ccc(CN2CCC[C@H]2C([O-])=Nc2ccccc2C(=N[C@@](C)(Cc2ccccc2F)C(=O)[O-])c2ccccc2)cc1C.[Ni+2]. The smallest absolute Gasteiger partial charge is 0.861 e. The molecule has 5 rings (SSSR count). The van der Waals surface area contributed by atoms with Crippen molar-refractivity contribution in [1.82, 2.24) is 4.90 Å². The quantitative estimate of drug-likeness (QED) is 0.136. The molecule has 1 aliphatic heterocycles. The largest absolute Gasteiger partial charge is 2.00 e. The number of halogens is 1. The number of aliphatic carboxylic acids is 1. The van der Waals surface area contributed by atoms with Crippen molar-refractivity contribution < 1.29 is 35.9 Å². The van der Waals surface area contributed by atoms with Gasteiger partial charge < -0.3 is 15.0 Å². The summed E-state index contributed by atoms with van der Waals surface area (Å²) < 4.78 is 14.6. The number of nitrogens with zero attached hydrogens (tertiary/aromatic N) is 3.